The summed E-state index contributed by atoms with van der Waals surface area (Å²) in [6.45, 7) is 4.65. The van der Waals surface area contributed by atoms with Gasteiger partial charge < -0.3 is 20.4 Å². The van der Waals surface area contributed by atoms with Gasteiger partial charge in [0.2, 0.25) is 0 Å². The van der Waals surface area contributed by atoms with Crippen molar-refractivity contribution in [2.75, 3.05) is 5.73 Å². The third-order valence-electron chi connectivity index (χ3n) is 4.82. The number of pyridine rings is 2. The summed E-state index contributed by atoms with van der Waals surface area (Å²) in [7, 11) is 0. The van der Waals surface area contributed by atoms with Crippen LogP contribution in [-0.4, -0.2) is 31.8 Å². The second-order valence-corrected chi connectivity index (χ2v) is 7.91. The fourth-order valence-electron chi connectivity index (χ4n) is 3.32. The van der Waals surface area contributed by atoms with E-state index in [2.05, 4.69) is 30.9 Å². The molecule has 0 saturated carbocycles. The van der Waals surface area contributed by atoms with Crippen LogP contribution >= 0.6 is 15.9 Å². The summed E-state index contributed by atoms with van der Waals surface area (Å²) in [6.07, 6.45) is 1.51. The summed E-state index contributed by atoms with van der Waals surface area (Å²) in [4.78, 5) is 26.4. The highest BCUT2D eigenvalue weighted by molar-refractivity contribution is 9.10. The van der Waals surface area contributed by atoms with E-state index in [-0.39, 0.29) is 24.2 Å². The number of amides is 1. The van der Waals surface area contributed by atoms with Crippen LogP contribution in [0.15, 0.2) is 22.8 Å². The topological polar surface area (TPSA) is 97.1 Å². The molecule has 0 atom stereocenters. The first kappa shape index (κ1) is 18.8. The van der Waals surface area contributed by atoms with Crippen LogP contribution in [0.25, 0.3) is 11.0 Å². The van der Waals surface area contributed by atoms with E-state index in [9.17, 15) is 9.18 Å². The van der Waals surface area contributed by atoms with E-state index >= 15 is 0 Å². The number of H-pyrrole nitrogens is 1. The predicted octanol–water partition coefficient (Wildman–Crippen LogP) is 3.52. The highest BCUT2D eigenvalue weighted by Gasteiger charge is 2.26. The van der Waals surface area contributed by atoms with Crippen molar-refractivity contribution >= 4 is 38.7 Å². The molecule has 0 bridgehead atoms. The molecule has 146 valence electrons. The first-order chi connectivity index (χ1) is 13.3. The normalized spacial score (nSPS) is 13.3. The second-order valence-electron chi connectivity index (χ2n) is 7.00. The van der Waals surface area contributed by atoms with Crippen molar-refractivity contribution in [1.29, 1.82) is 0 Å². The summed E-state index contributed by atoms with van der Waals surface area (Å²) in [6, 6.07) is 2.85. The maximum Gasteiger partial charge on any atom is 0.270 e. The van der Waals surface area contributed by atoms with Gasteiger partial charge in [0.1, 0.15) is 17.3 Å². The van der Waals surface area contributed by atoms with Gasteiger partial charge in [-0.3, -0.25) is 9.78 Å². The van der Waals surface area contributed by atoms with Crippen LogP contribution in [0.2, 0.25) is 0 Å². The van der Waals surface area contributed by atoms with Crippen molar-refractivity contribution in [3.05, 3.63) is 51.1 Å². The molecule has 0 unspecified atom stereocenters. The lowest BCUT2D eigenvalue weighted by molar-refractivity contribution is 0.0680. The van der Waals surface area contributed by atoms with Gasteiger partial charge in [-0.1, -0.05) is 0 Å². The quantitative estimate of drug-likeness (QED) is 0.637. The van der Waals surface area contributed by atoms with Crippen molar-refractivity contribution in [3.63, 3.8) is 0 Å². The number of rotatable bonds is 4. The molecule has 9 heteroatoms. The fraction of sp³-hybridized carbons (Fsp3) is 0.316. The summed E-state index contributed by atoms with van der Waals surface area (Å²) in [5.41, 5.74) is 9.73. The number of carbonyl (C=O) groups is 1. The van der Waals surface area contributed by atoms with Crippen molar-refractivity contribution < 1.29 is 13.9 Å². The first-order valence-electron chi connectivity index (χ1n) is 8.83. The summed E-state index contributed by atoms with van der Waals surface area (Å²) in [5, 5.41) is 0. The average molecular weight is 448 g/mol. The van der Waals surface area contributed by atoms with Crippen LogP contribution in [-0.2, 0) is 24.5 Å². The van der Waals surface area contributed by atoms with Crippen molar-refractivity contribution in [1.82, 2.24) is 19.9 Å². The molecule has 3 N–H and O–H groups in total. The number of halogens is 2. The molecule has 3 aromatic heterocycles. The Labute approximate surface area is 169 Å². The monoisotopic (exact) mass is 447 g/mol. The van der Waals surface area contributed by atoms with E-state index in [1.54, 1.807) is 11.0 Å². The van der Waals surface area contributed by atoms with Crippen LogP contribution in [0, 0.1) is 5.82 Å². The second kappa shape index (κ2) is 7.14. The molecule has 0 radical (unpaired) electrons. The number of carbonyl (C=O) groups excluding carboxylic acids is 1. The van der Waals surface area contributed by atoms with Gasteiger partial charge in [0.15, 0.2) is 0 Å². The zero-order chi connectivity index (χ0) is 20.0. The van der Waals surface area contributed by atoms with Gasteiger partial charge >= 0.3 is 0 Å². The summed E-state index contributed by atoms with van der Waals surface area (Å²) < 4.78 is 20.2. The van der Waals surface area contributed by atoms with Crippen LogP contribution in [0.5, 0.6) is 0 Å². The van der Waals surface area contributed by atoms with Gasteiger partial charge in [0.25, 0.3) is 5.91 Å². The largest absolute Gasteiger partial charge is 0.383 e. The Morgan fingerprint density at radius 2 is 2.14 bits per heavy atom. The van der Waals surface area contributed by atoms with E-state index in [1.807, 2.05) is 13.8 Å². The van der Waals surface area contributed by atoms with Gasteiger partial charge in [-0.25, -0.2) is 9.37 Å². The lowest BCUT2D eigenvalue weighted by Gasteiger charge is -2.26. The van der Waals surface area contributed by atoms with E-state index in [4.69, 9.17) is 10.5 Å². The molecule has 0 aromatic carbocycles. The van der Waals surface area contributed by atoms with E-state index < -0.39 is 5.82 Å². The Balaban J connectivity index is 1.69. The number of hydrogen-bond donors (Lipinski definition) is 2. The molecule has 28 heavy (non-hydrogen) atoms. The lowest BCUT2D eigenvalue weighted by Crippen LogP contribution is -2.37. The number of anilines is 1. The standard InChI is InChI=1S/C19H19BrFN5O2/c1-9(2)26(6-16-13(21)3-10(20)5-23-16)19(27)15-4-14-17(24-15)11-7-28-8-12(11)18(22)25-14/h3-5,9,24H,6-8H2,1-2H3,(H2,22,25). The maximum atomic E-state index is 14.2. The summed E-state index contributed by atoms with van der Waals surface area (Å²) >= 11 is 3.19. The predicted molar refractivity (Wildman–Crippen MR) is 106 cm³/mol. The smallest absolute Gasteiger partial charge is 0.270 e. The van der Waals surface area contributed by atoms with Crippen LogP contribution < -0.4 is 5.73 Å². The Kier molecular flexibility index (Phi) is 4.80. The number of ether oxygens (including phenoxy) is 1. The number of aromatic amines is 1. The number of hydrogen-bond acceptors (Lipinski definition) is 5. The Bertz CT molecular complexity index is 1080. The molecule has 0 spiro atoms. The third-order valence-corrected chi connectivity index (χ3v) is 5.26. The SMILES string of the molecule is CC(C)N(Cc1ncc(Br)cc1F)C(=O)c1cc2nc(N)c3c(c2[nH]1)COC3. The Morgan fingerprint density at radius 3 is 2.86 bits per heavy atom. The van der Waals surface area contributed by atoms with Gasteiger partial charge in [-0.05, 0) is 41.9 Å². The number of nitrogens with one attached hydrogen (secondary N) is 1. The molecule has 0 fully saturated rings. The van der Waals surface area contributed by atoms with Crippen LogP contribution in [0.4, 0.5) is 10.2 Å². The Morgan fingerprint density at radius 1 is 1.39 bits per heavy atom. The average Bonchev–Trinajstić information content (AvgIpc) is 3.27. The van der Waals surface area contributed by atoms with Crippen molar-refractivity contribution in [2.24, 2.45) is 0 Å². The molecule has 0 saturated heterocycles. The molecule has 1 aliphatic heterocycles. The zero-order valence-electron chi connectivity index (χ0n) is 15.4. The minimum absolute atomic E-state index is 0.0573. The minimum Gasteiger partial charge on any atom is -0.383 e. The van der Waals surface area contributed by atoms with Crippen molar-refractivity contribution in [3.8, 4) is 0 Å². The van der Waals surface area contributed by atoms with Crippen molar-refractivity contribution in [2.45, 2.75) is 39.6 Å². The molecule has 4 heterocycles. The molecular formula is C19H19BrFN5O2. The number of nitrogen functional groups attached to an aromatic ring is 1. The van der Waals surface area contributed by atoms with Gasteiger partial charge in [0.05, 0.1) is 36.5 Å². The van der Waals surface area contributed by atoms with Gasteiger partial charge in [-0.15, -0.1) is 0 Å². The highest BCUT2D eigenvalue weighted by atomic mass is 79.9. The maximum absolute atomic E-state index is 14.2. The number of fused-ring (bicyclic) bond motifs is 3. The molecule has 3 aromatic rings. The molecule has 7 nitrogen and oxygen atoms in total. The number of aromatic nitrogens is 3. The molecule has 4 rings (SSSR count). The zero-order valence-corrected chi connectivity index (χ0v) is 17.0. The molecular weight excluding hydrogens is 429 g/mol. The molecule has 1 amide bonds. The number of nitrogens with two attached hydrogens (primary N) is 1. The first-order valence-corrected chi connectivity index (χ1v) is 9.63. The van der Waals surface area contributed by atoms with Crippen LogP contribution in [0.3, 0.4) is 0 Å². The van der Waals surface area contributed by atoms with Gasteiger partial charge in [0, 0.05) is 27.8 Å². The third kappa shape index (κ3) is 3.24. The molecule has 0 aliphatic carbocycles. The molecule has 1 aliphatic rings. The minimum atomic E-state index is -0.464. The fourth-order valence-corrected chi connectivity index (χ4v) is 3.62. The summed E-state index contributed by atoms with van der Waals surface area (Å²) in [5.74, 6) is -0.308. The lowest BCUT2D eigenvalue weighted by atomic mass is 10.1. The van der Waals surface area contributed by atoms with Gasteiger partial charge in [-0.2, -0.15) is 0 Å². The van der Waals surface area contributed by atoms with E-state index in [0.717, 1.165) is 16.6 Å². The Hall–Kier alpha value is -2.52. The van der Waals surface area contributed by atoms with Crippen LogP contribution in [0.1, 0.15) is 41.2 Å². The number of nitrogens with zero attached hydrogens (tertiary/aromatic N) is 3. The highest BCUT2D eigenvalue weighted by Crippen LogP contribution is 2.31. The van der Waals surface area contributed by atoms with E-state index in [0.29, 0.717) is 34.7 Å². The van der Waals surface area contributed by atoms with E-state index in [1.165, 1.54) is 12.3 Å².